The first-order valence-electron chi connectivity index (χ1n) is 8.70. The minimum atomic E-state index is -0.461. The molecule has 1 aliphatic rings. The Labute approximate surface area is 158 Å². The predicted molar refractivity (Wildman–Crippen MR) is 99.7 cm³/mol. The number of rotatable bonds is 10. The lowest BCUT2D eigenvalue weighted by Crippen LogP contribution is -2.27. The number of carbonyl (C=O) groups is 3. The highest BCUT2D eigenvalue weighted by atomic mass is 32.2. The maximum atomic E-state index is 12.4. The molecule has 0 atom stereocenters. The highest BCUT2D eigenvalue weighted by Crippen LogP contribution is 2.18. The third-order valence-corrected chi connectivity index (χ3v) is 5.29. The van der Waals surface area contributed by atoms with Crippen LogP contribution in [0.1, 0.15) is 34.6 Å². The molecule has 0 N–H and O–H groups in total. The monoisotopic (exact) mass is 382 g/mol. The van der Waals surface area contributed by atoms with Crippen LogP contribution in [-0.2, 0) is 20.8 Å². The summed E-state index contributed by atoms with van der Waals surface area (Å²) in [5.41, 5.74) is 2.46. The largest absolute Gasteiger partial charge is 0.457 e. The van der Waals surface area contributed by atoms with E-state index in [1.54, 1.807) is 12.0 Å². The molecule has 8 heteroatoms. The predicted octanol–water partition coefficient (Wildman–Crippen LogP) is 2.43. The number of ether oxygens (including phenoxy) is 2. The number of thioether (sulfide) groups is 1. The van der Waals surface area contributed by atoms with Gasteiger partial charge in [-0.2, -0.15) is 0 Å². The van der Waals surface area contributed by atoms with Crippen molar-refractivity contribution in [2.75, 3.05) is 39.2 Å². The van der Waals surface area contributed by atoms with E-state index in [9.17, 15) is 14.4 Å². The standard InChI is InChI=1S/C18H26N2O5S/c1-13-11-15(14(2)20(13)6-4-9-24-3)16(21)12-25-17(22)5-7-19-8-10-26-18(19)23/h11H,4-10,12H2,1-3H3. The van der Waals surface area contributed by atoms with Gasteiger partial charge in [0.2, 0.25) is 5.78 Å². The number of hydrogen-bond acceptors (Lipinski definition) is 6. The Morgan fingerprint density at radius 2 is 2.04 bits per heavy atom. The number of Topliss-reactive ketones (excluding diaryl/α,β-unsaturated/α-hetero) is 1. The van der Waals surface area contributed by atoms with Crippen LogP contribution in [0, 0.1) is 13.8 Å². The molecule has 144 valence electrons. The molecule has 1 saturated heterocycles. The number of nitrogens with zero attached hydrogens (tertiary/aromatic N) is 2. The number of amides is 1. The van der Waals surface area contributed by atoms with Gasteiger partial charge in [-0.25, -0.2) is 0 Å². The van der Waals surface area contributed by atoms with Crippen molar-refractivity contribution in [3.8, 4) is 0 Å². The van der Waals surface area contributed by atoms with Crippen LogP contribution in [0.4, 0.5) is 4.79 Å². The summed E-state index contributed by atoms with van der Waals surface area (Å²) < 4.78 is 12.2. The molecule has 0 bridgehead atoms. The molecular formula is C18H26N2O5S. The zero-order valence-corrected chi connectivity index (χ0v) is 16.4. The molecule has 0 unspecified atom stereocenters. The lowest BCUT2D eigenvalue weighted by atomic mass is 10.1. The van der Waals surface area contributed by atoms with Crippen molar-refractivity contribution >= 4 is 28.8 Å². The fraction of sp³-hybridized carbons (Fsp3) is 0.611. The van der Waals surface area contributed by atoms with Crippen molar-refractivity contribution < 1.29 is 23.9 Å². The zero-order valence-electron chi connectivity index (χ0n) is 15.6. The molecule has 26 heavy (non-hydrogen) atoms. The summed E-state index contributed by atoms with van der Waals surface area (Å²) in [7, 11) is 1.66. The molecule has 1 aliphatic heterocycles. The number of ketones is 1. The number of esters is 1. The summed E-state index contributed by atoms with van der Waals surface area (Å²) in [6.07, 6.45) is 0.971. The van der Waals surface area contributed by atoms with Crippen molar-refractivity contribution in [3.05, 3.63) is 23.0 Å². The molecule has 1 amide bonds. The molecule has 1 aromatic heterocycles. The summed E-state index contributed by atoms with van der Waals surface area (Å²) in [5.74, 6) is 0.0843. The summed E-state index contributed by atoms with van der Waals surface area (Å²) in [5, 5.41) is -0.00482. The molecule has 2 rings (SSSR count). The van der Waals surface area contributed by atoms with E-state index in [1.165, 1.54) is 11.8 Å². The summed E-state index contributed by atoms with van der Waals surface area (Å²) in [4.78, 5) is 37.3. The molecule has 7 nitrogen and oxygen atoms in total. The highest BCUT2D eigenvalue weighted by molar-refractivity contribution is 8.13. The molecule has 1 fully saturated rings. The van der Waals surface area contributed by atoms with Gasteiger partial charge >= 0.3 is 5.97 Å². The average Bonchev–Trinajstić information content (AvgIpc) is 3.15. The van der Waals surface area contributed by atoms with Crippen molar-refractivity contribution in [1.82, 2.24) is 9.47 Å². The van der Waals surface area contributed by atoms with E-state index in [0.29, 0.717) is 25.3 Å². The Morgan fingerprint density at radius 1 is 1.27 bits per heavy atom. The summed E-state index contributed by atoms with van der Waals surface area (Å²) in [6, 6.07) is 1.83. The van der Waals surface area contributed by atoms with Gasteiger partial charge in [0.15, 0.2) is 6.61 Å². The zero-order chi connectivity index (χ0) is 19.1. The molecule has 0 aromatic carbocycles. The maximum absolute atomic E-state index is 12.4. The second-order valence-electron chi connectivity index (χ2n) is 6.22. The van der Waals surface area contributed by atoms with Crippen LogP contribution >= 0.6 is 11.8 Å². The Balaban J connectivity index is 1.82. The van der Waals surface area contributed by atoms with E-state index < -0.39 is 5.97 Å². The molecule has 0 radical (unpaired) electrons. The average molecular weight is 382 g/mol. The quantitative estimate of drug-likeness (QED) is 0.351. The number of aromatic nitrogens is 1. The lowest BCUT2D eigenvalue weighted by Gasteiger charge is -2.13. The summed E-state index contributed by atoms with van der Waals surface area (Å²) in [6.45, 7) is 6.01. The third kappa shape index (κ3) is 5.35. The van der Waals surface area contributed by atoms with Gasteiger partial charge < -0.3 is 18.9 Å². The minimum Gasteiger partial charge on any atom is -0.457 e. The van der Waals surface area contributed by atoms with Crippen LogP contribution in [0.25, 0.3) is 0 Å². The van der Waals surface area contributed by atoms with Crippen molar-refractivity contribution in [2.24, 2.45) is 0 Å². The Kier molecular flexibility index (Phi) is 7.71. The smallest absolute Gasteiger partial charge is 0.308 e. The molecule has 0 saturated carbocycles. The van der Waals surface area contributed by atoms with Crippen LogP contribution in [0.3, 0.4) is 0 Å². The van der Waals surface area contributed by atoms with Crippen LogP contribution in [0.5, 0.6) is 0 Å². The normalized spacial score (nSPS) is 14.1. The van der Waals surface area contributed by atoms with Crippen LogP contribution in [-0.4, -0.2) is 65.6 Å². The molecule has 2 heterocycles. The fourth-order valence-electron chi connectivity index (χ4n) is 2.95. The van der Waals surface area contributed by atoms with Crippen molar-refractivity contribution in [2.45, 2.75) is 33.2 Å². The number of methoxy groups -OCH3 is 1. The maximum Gasteiger partial charge on any atom is 0.308 e. The van der Waals surface area contributed by atoms with E-state index in [0.717, 1.165) is 30.1 Å². The van der Waals surface area contributed by atoms with E-state index in [2.05, 4.69) is 4.57 Å². The van der Waals surface area contributed by atoms with E-state index in [1.807, 2.05) is 19.9 Å². The van der Waals surface area contributed by atoms with Crippen LogP contribution < -0.4 is 0 Å². The van der Waals surface area contributed by atoms with Gasteiger partial charge in [0.25, 0.3) is 5.24 Å². The van der Waals surface area contributed by atoms with Gasteiger partial charge in [-0.15, -0.1) is 0 Å². The molecule has 0 spiro atoms. The van der Waals surface area contributed by atoms with Crippen LogP contribution in [0.2, 0.25) is 0 Å². The van der Waals surface area contributed by atoms with Gasteiger partial charge in [0, 0.05) is 56.1 Å². The third-order valence-electron chi connectivity index (χ3n) is 4.40. The molecule has 1 aromatic rings. The first-order valence-corrected chi connectivity index (χ1v) is 9.68. The van der Waals surface area contributed by atoms with E-state index in [-0.39, 0.29) is 24.1 Å². The van der Waals surface area contributed by atoms with Crippen LogP contribution in [0.15, 0.2) is 6.07 Å². The summed E-state index contributed by atoms with van der Waals surface area (Å²) >= 11 is 1.26. The van der Waals surface area contributed by atoms with E-state index >= 15 is 0 Å². The Bertz CT molecular complexity index is 671. The van der Waals surface area contributed by atoms with Crippen molar-refractivity contribution in [3.63, 3.8) is 0 Å². The number of hydrogen-bond donors (Lipinski definition) is 0. The van der Waals surface area contributed by atoms with Gasteiger partial charge in [0.1, 0.15) is 0 Å². The minimum absolute atomic E-state index is 0.00482. The molecular weight excluding hydrogens is 356 g/mol. The first kappa shape index (κ1) is 20.5. The Hall–Kier alpha value is -1.80. The van der Waals surface area contributed by atoms with Gasteiger partial charge in [-0.05, 0) is 26.3 Å². The first-order chi connectivity index (χ1) is 12.4. The SMILES string of the molecule is COCCCn1c(C)cc(C(=O)COC(=O)CCN2CCSC2=O)c1C. The second-order valence-corrected chi connectivity index (χ2v) is 7.26. The number of aryl methyl sites for hydroxylation is 1. The molecule has 0 aliphatic carbocycles. The highest BCUT2D eigenvalue weighted by Gasteiger charge is 2.22. The van der Waals surface area contributed by atoms with Gasteiger partial charge in [0.05, 0.1) is 6.42 Å². The van der Waals surface area contributed by atoms with Crippen molar-refractivity contribution in [1.29, 1.82) is 0 Å². The second kappa shape index (κ2) is 9.78. The number of carbonyl (C=O) groups excluding carboxylic acids is 3. The van der Waals surface area contributed by atoms with Gasteiger partial charge in [-0.3, -0.25) is 14.4 Å². The van der Waals surface area contributed by atoms with E-state index in [4.69, 9.17) is 9.47 Å². The topological polar surface area (TPSA) is 77.8 Å². The lowest BCUT2D eigenvalue weighted by molar-refractivity contribution is -0.142. The fourth-order valence-corrected chi connectivity index (χ4v) is 3.80. The Morgan fingerprint density at radius 3 is 2.69 bits per heavy atom. The van der Waals surface area contributed by atoms with Gasteiger partial charge in [-0.1, -0.05) is 11.8 Å².